The Labute approximate surface area is 88.4 Å². The van der Waals surface area contributed by atoms with Crippen LogP contribution in [0.25, 0.3) is 0 Å². The van der Waals surface area contributed by atoms with Crippen LogP contribution in [0.4, 0.5) is 0 Å². The number of hydrogen-bond donors (Lipinski definition) is 1. The van der Waals surface area contributed by atoms with Crippen molar-refractivity contribution >= 4 is 11.5 Å². The minimum absolute atomic E-state index is 0.377. The van der Waals surface area contributed by atoms with Crippen molar-refractivity contribution in [2.45, 2.75) is 37.6 Å². The maximum atomic E-state index is 5.95. The molecule has 0 saturated heterocycles. The van der Waals surface area contributed by atoms with Crippen LogP contribution < -0.4 is 10.5 Å². The molecule has 0 amide bonds. The molecule has 0 bridgehead atoms. The first-order valence-corrected chi connectivity index (χ1v) is 5.83. The van der Waals surface area contributed by atoms with Gasteiger partial charge in [-0.15, -0.1) is 0 Å². The van der Waals surface area contributed by atoms with Gasteiger partial charge >= 0.3 is 0 Å². The van der Waals surface area contributed by atoms with Crippen LogP contribution in [0, 0.1) is 0 Å². The summed E-state index contributed by atoms with van der Waals surface area (Å²) in [6, 6.07) is 2.43. The molecule has 2 rings (SSSR count). The molecule has 1 aliphatic rings. The number of hydrogen-bond acceptors (Lipinski definition) is 4. The van der Waals surface area contributed by atoms with E-state index in [4.69, 9.17) is 10.5 Å². The van der Waals surface area contributed by atoms with Crippen LogP contribution in [0.15, 0.2) is 6.07 Å². The van der Waals surface area contributed by atoms with Crippen molar-refractivity contribution in [3.63, 3.8) is 0 Å². The highest BCUT2D eigenvalue weighted by atomic mass is 32.1. The van der Waals surface area contributed by atoms with Crippen LogP contribution in [0.2, 0.25) is 0 Å². The molecule has 0 aromatic carbocycles. The largest absolute Gasteiger partial charge is 0.480 e. The van der Waals surface area contributed by atoms with Gasteiger partial charge in [-0.3, -0.25) is 0 Å². The summed E-state index contributed by atoms with van der Waals surface area (Å²) in [4.78, 5) is 1.33. The van der Waals surface area contributed by atoms with Gasteiger partial charge in [0.1, 0.15) is 0 Å². The smallest absolute Gasteiger partial charge is 0.225 e. The molecule has 1 heterocycles. The minimum Gasteiger partial charge on any atom is -0.480 e. The number of methoxy groups -OCH3 is 1. The Hall–Kier alpha value is -0.610. The molecule has 4 heteroatoms. The predicted molar refractivity (Wildman–Crippen MR) is 57.9 cm³/mol. The third-order valence-corrected chi connectivity index (χ3v) is 3.77. The van der Waals surface area contributed by atoms with E-state index in [2.05, 4.69) is 4.37 Å². The highest BCUT2D eigenvalue weighted by molar-refractivity contribution is 7.06. The van der Waals surface area contributed by atoms with E-state index in [-0.39, 0.29) is 0 Å². The fourth-order valence-electron chi connectivity index (χ4n) is 2.05. The maximum Gasteiger partial charge on any atom is 0.225 e. The van der Waals surface area contributed by atoms with Gasteiger partial charge in [-0.25, -0.2) is 0 Å². The van der Waals surface area contributed by atoms with Crippen molar-refractivity contribution < 1.29 is 4.74 Å². The Bertz CT molecular complexity index is 300. The second-order valence-electron chi connectivity index (χ2n) is 3.90. The highest BCUT2D eigenvalue weighted by Gasteiger charge is 2.22. The average Bonchev–Trinajstić information content (AvgIpc) is 2.66. The van der Waals surface area contributed by atoms with Crippen LogP contribution in [-0.2, 0) is 0 Å². The van der Waals surface area contributed by atoms with E-state index in [0.717, 1.165) is 12.3 Å². The van der Waals surface area contributed by atoms with E-state index in [1.165, 1.54) is 24.1 Å². The van der Waals surface area contributed by atoms with E-state index in [0.29, 0.717) is 12.0 Å². The van der Waals surface area contributed by atoms with Gasteiger partial charge < -0.3 is 10.5 Å². The summed E-state index contributed by atoms with van der Waals surface area (Å²) in [5.74, 6) is 1.35. The number of ether oxygens (including phenoxy) is 1. The Kier molecular flexibility index (Phi) is 3.03. The molecule has 14 heavy (non-hydrogen) atoms. The molecule has 3 nitrogen and oxygen atoms in total. The van der Waals surface area contributed by atoms with Gasteiger partial charge in [0, 0.05) is 17.0 Å². The molecule has 78 valence electrons. The molecule has 2 atom stereocenters. The third-order valence-electron chi connectivity index (χ3n) is 2.83. The van der Waals surface area contributed by atoms with Crippen molar-refractivity contribution in [2.75, 3.05) is 7.11 Å². The zero-order valence-electron chi connectivity index (χ0n) is 8.40. The molecular formula is C10H16N2OS. The van der Waals surface area contributed by atoms with Crippen LogP contribution in [-0.4, -0.2) is 17.5 Å². The number of nitrogens with zero attached hydrogens (tertiary/aromatic N) is 1. The normalized spacial score (nSPS) is 27.6. The zero-order valence-corrected chi connectivity index (χ0v) is 9.22. The Morgan fingerprint density at radius 1 is 1.57 bits per heavy atom. The van der Waals surface area contributed by atoms with Gasteiger partial charge in [-0.2, -0.15) is 4.37 Å². The van der Waals surface area contributed by atoms with Crippen molar-refractivity contribution in [2.24, 2.45) is 5.73 Å². The summed E-state index contributed by atoms with van der Waals surface area (Å²) in [5.41, 5.74) is 5.95. The highest BCUT2D eigenvalue weighted by Crippen LogP contribution is 2.35. The van der Waals surface area contributed by atoms with Gasteiger partial charge in [0.05, 0.1) is 7.11 Å². The minimum atomic E-state index is 0.377. The van der Waals surface area contributed by atoms with Crippen LogP contribution in [0.3, 0.4) is 0 Å². The maximum absolute atomic E-state index is 5.95. The molecule has 2 unspecified atom stereocenters. The standard InChI is InChI=1S/C10H16N2OS/c1-13-10-6-9(14-12-10)7-3-2-4-8(11)5-7/h6-8H,2-5,11H2,1H3. The molecule has 1 aromatic rings. The van der Waals surface area contributed by atoms with Gasteiger partial charge in [0.15, 0.2) is 0 Å². The Morgan fingerprint density at radius 2 is 2.43 bits per heavy atom. The molecule has 1 aliphatic carbocycles. The van der Waals surface area contributed by atoms with Crippen LogP contribution in [0.5, 0.6) is 5.88 Å². The molecular weight excluding hydrogens is 196 g/mol. The SMILES string of the molecule is COc1cc(C2CCCC(N)C2)sn1. The summed E-state index contributed by atoms with van der Waals surface area (Å²) in [7, 11) is 1.66. The lowest BCUT2D eigenvalue weighted by atomic mass is 9.85. The zero-order chi connectivity index (χ0) is 9.97. The lowest BCUT2D eigenvalue weighted by Crippen LogP contribution is -2.26. The fraction of sp³-hybridized carbons (Fsp3) is 0.700. The summed E-state index contributed by atoms with van der Waals surface area (Å²) < 4.78 is 9.29. The number of nitrogens with two attached hydrogens (primary N) is 1. The number of aromatic nitrogens is 1. The Morgan fingerprint density at radius 3 is 3.07 bits per heavy atom. The van der Waals surface area contributed by atoms with Crippen molar-refractivity contribution in [1.82, 2.24) is 4.37 Å². The number of rotatable bonds is 2. The molecule has 1 aromatic heterocycles. The van der Waals surface area contributed by atoms with Gasteiger partial charge in [0.25, 0.3) is 0 Å². The molecule has 2 N–H and O–H groups in total. The van der Waals surface area contributed by atoms with Crippen LogP contribution in [0.1, 0.15) is 36.5 Å². The van der Waals surface area contributed by atoms with Gasteiger partial charge in [0.2, 0.25) is 5.88 Å². The summed E-state index contributed by atoms with van der Waals surface area (Å²) >= 11 is 1.55. The first-order chi connectivity index (χ1) is 6.79. The quantitative estimate of drug-likeness (QED) is 0.817. The topological polar surface area (TPSA) is 48.1 Å². The van der Waals surface area contributed by atoms with Gasteiger partial charge in [-0.1, -0.05) is 6.42 Å². The first kappa shape index (κ1) is 9.93. The molecule has 0 aliphatic heterocycles. The lowest BCUT2D eigenvalue weighted by molar-refractivity contribution is 0.391. The van der Waals surface area contributed by atoms with E-state index in [1.807, 2.05) is 6.07 Å². The van der Waals surface area contributed by atoms with Crippen molar-refractivity contribution in [3.8, 4) is 5.88 Å². The van der Waals surface area contributed by atoms with E-state index >= 15 is 0 Å². The fourth-order valence-corrected chi connectivity index (χ4v) is 2.89. The molecule has 0 spiro atoms. The van der Waals surface area contributed by atoms with E-state index in [9.17, 15) is 0 Å². The molecule has 1 fully saturated rings. The lowest BCUT2D eigenvalue weighted by Gasteiger charge is -2.25. The van der Waals surface area contributed by atoms with E-state index < -0.39 is 0 Å². The Balaban J connectivity index is 2.06. The van der Waals surface area contributed by atoms with E-state index in [1.54, 1.807) is 18.6 Å². The summed E-state index contributed by atoms with van der Waals surface area (Å²) in [6.45, 7) is 0. The second-order valence-corrected chi connectivity index (χ2v) is 4.73. The van der Waals surface area contributed by atoms with Crippen LogP contribution >= 0.6 is 11.5 Å². The third kappa shape index (κ3) is 2.07. The average molecular weight is 212 g/mol. The monoisotopic (exact) mass is 212 g/mol. The van der Waals surface area contributed by atoms with Crippen molar-refractivity contribution in [3.05, 3.63) is 10.9 Å². The summed E-state index contributed by atoms with van der Waals surface area (Å²) in [6.07, 6.45) is 4.77. The summed E-state index contributed by atoms with van der Waals surface area (Å²) in [5, 5.41) is 0. The first-order valence-electron chi connectivity index (χ1n) is 5.06. The predicted octanol–water partition coefficient (Wildman–Crippen LogP) is 2.14. The van der Waals surface area contributed by atoms with Gasteiger partial charge in [-0.05, 0) is 36.7 Å². The molecule has 1 saturated carbocycles. The molecule has 0 radical (unpaired) electrons. The van der Waals surface area contributed by atoms with Crippen molar-refractivity contribution in [1.29, 1.82) is 0 Å². The second kappa shape index (κ2) is 4.28.